The molecule has 1 saturated heterocycles. The van der Waals surface area contributed by atoms with Crippen molar-refractivity contribution in [1.29, 1.82) is 0 Å². The number of aliphatic hydroxyl groups is 1. The van der Waals surface area contributed by atoms with Gasteiger partial charge in [0.25, 0.3) is 5.91 Å². The van der Waals surface area contributed by atoms with Gasteiger partial charge in [-0.3, -0.25) is 4.79 Å². The lowest BCUT2D eigenvalue weighted by atomic mass is 9.99. The SMILES string of the molecule is O=C(NCCC(O)c1cccc2ccccc12)c1ccc(S(=O)(=O)N2CCCC2)cc1. The van der Waals surface area contributed by atoms with Crippen LogP contribution < -0.4 is 5.32 Å². The largest absolute Gasteiger partial charge is 0.388 e. The third kappa shape index (κ3) is 4.63. The lowest BCUT2D eigenvalue weighted by Crippen LogP contribution is -2.28. The summed E-state index contributed by atoms with van der Waals surface area (Å²) in [5.41, 5.74) is 1.23. The second-order valence-corrected chi connectivity index (χ2v) is 9.70. The van der Waals surface area contributed by atoms with Crippen molar-refractivity contribution in [3.05, 3.63) is 77.9 Å². The highest BCUT2D eigenvalue weighted by atomic mass is 32.2. The molecule has 1 amide bonds. The summed E-state index contributed by atoms with van der Waals surface area (Å²) < 4.78 is 26.7. The van der Waals surface area contributed by atoms with Crippen LogP contribution in [0.1, 0.15) is 41.3 Å². The van der Waals surface area contributed by atoms with E-state index in [1.807, 2.05) is 42.5 Å². The first-order valence-electron chi connectivity index (χ1n) is 10.5. The van der Waals surface area contributed by atoms with Gasteiger partial charge in [-0.1, -0.05) is 42.5 Å². The number of benzene rings is 3. The Morgan fingerprint density at radius 1 is 0.968 bits per heavy atom. The van der Waals surface area contributed by atoms with Crippen molar-refractivity contribution in [3.8, 4) is 0 Å². The Kier molecular flexibility index (Phi) is 6.36. The summed E-state index contributed by atoms with van der Waals surface area (Å²) in [5, 5.41) is 15.5. The Morgan fingerprint density at radius 2 is 1.65 bits per heavy atom. The standard InChI is InChI=1S/C24H26N2O4S/c27-23(22-9-5-7-18-6-1-2-8-21(18)22)14-15-25-24(28)19-10-12-20(13-11-19)31(29,30)26-16-3-4-17-26/h1-2,5-13,23,27H,3-4,14-17H2,(H,25,28). The Bertz CT molecular complexity index is 1160. The van der Waals surface area contributed by atoms with E-state index >= 15 is 0 Å². The number of sulfonamides is 1. The van der Waals surface area contributed by atoms with E-state index in [4.69, 9.17) is 0 Å². The van der Waals surface area contributed by atoms with Crippen molar-refractivity contribution in [1.82, 2.24) is 9.62 Å². The van der Waals surface area contributed by atoms with Crippen LogP contribution in [0.3, 0.4) is 0 Å². The van der Waals surface area contributed by atoms with Gasteiger partial charge in [-0.2, -0.15) is 4.31 Å². The maximum atomic E-state index is 12.6. The highest BCUT2D eigenvalue weighted by Crippen LogP contribution is 2.26. The van der Waals surface area contributed by atoms with Crippen LogP contribution in [-0.4, -0.2) is 43.4 Å². The molecule has 6 nitrogen and oxygen atoms in total. The number of carbonyl (C=O) groups excluding carboxylic acids is 1. The monoisotopic (exact) mass is 438 g/mol. The minimum Gasteiger partial charge on any atom is -0.388 e. The van der Waals surface area contributed by atoms with Gasteiger partial charge in [-0.15, -0.1) is 0 Å². The zero-order valence-corrected chi connectivity index (χ0v) is 18.0. The van der Waals surface area contributed by atoms with Crippen LogP contribution in [0.15, 0.2) is 71.6 Å². The van der Waals surface area contributed by atoms with Crippen molar-refractivity contribution < 1.29 is 18.3 Å². The normalized spacial score (nSPS) is 15.8. The number of fused-ring (bicyclic) bond motifs is 1. The van der Waals surface area contributed by atoms with Gasteiger partial charge in [0.15, 0.2) is 0 Å². The predicted molar refractivity (Wildman–Crippen MR) is 120 cm³/mol. The smallest absolute Gasteiger partial charge is 0.251 e. The lowest BCUT2D eigenvalue weighted by molar-refractivity contribution is 0.0943. The van der Waals surface area contributed by atoms with E-state index in [1.165, 1.54) is 28.6 Å². The summed E-state index contributed by atoms with van der Waals surface area (Å²) in [6, 6.07) is 19.7. The summed E-state index contributed by atoms with van der Waals surface area (Å²) in [5.74, 6) is -0.296. The summed E-state index contributed by atoms with van der Waals surface area (Å²) in [7, 11) is -3.49. The molecule has 162 valence electrons. The number of carbonyl (C=O) groups is 1. The van der Waals surface area contributed by atoms with Gasteiger partial charge in [0, 0.05) is 25.2 Å². The van der Waals surface area contributed by atoms with Crippen LogP contribution in [0.25, 0.3) is 10.8 Å². The Labute approximate surface area is 182 Å². The third-order valence-electron chi connectivity index (χ3n) is 5.71. The highest BCUT2D eigenvalue weighted by molar-refractivity contribution is 7.89. The maximum Gasteiger partial charge on any atom is 0.251 e. The number of nitrogens with one attached hydrogen (secondary N) is 1. The van der Waals surface area contributed by atoms with Gasteiger partial charge >= 0.3 is 0 Å². The number of hydrogen-bond acceptors (Lipinski definition) is 4. The van der Waals surface area contributed by atoms with Gasteiger partial charge in [0.2, 0.25) is 10.0 Å². The van der Waals surface area contributed by atoms with Crippen LogP contribution in [0, 0.1) is 0 Å². The molecule has 0 spiro atoms. The van der Waals surface area contributed by atoms with E-state index in [9.17, 15) is 18.3 Å². The fourth-order valence-electron chi connectivity index (χ4n) is 3.98. The number of nitrogens with zero attached hydrogens (tertiary/aromatic N) is 1. The average Bonchev–Trinajstić information content (AvgIpc) is 3.34. The topological polar surface area (TPSA) is 86.7 Å². The molecule has 0 saturated carbocycles. The number of rotatable bonds is 7. The van der Waals surface area contributed by atoms with E-state index in [-0.39, 0.29) is 10.8 Å². The minimum atomic E-state index is -3.49. The van der Waals surface area contributed by atoms with E-state index < -0.39 is 16.1 Å². The average molecular weight is 439 g/mol. The van der Waals surface area contributed by atoms with Crippen molar-refractivity contribution >= 4 is 26.7 Å². The van der Waals surface area contributed by atoms with Crippen molar-refractivity contribution in [3.63, 3.8) is 0 Å². The van der Waals surface area contributed by atoms with Crippen LogP contribution >= 0.6 is 0 Å². The molecular formula is C24H26N2O4S. The molecular weight excluding hydrogens is 412 g/mol. The molecule has 3 aromatic carbocycles. The summed E-state index contributed by atoms with van der Waals surface area (Å²) >= 11 is 0. The maximum absolute atomic E-state index is 12.6. The molecule has 0 aliphatic carbocycles. The second kappa shape index (κ2) is 9.18. The van der Waals surface area contributed by atoms with E-state index in [0.717, 1.165) is 29.2 Å². The summed E-state index contributed by atoms with van der Waals surface area (Å²) in [4.78, 5) is 12.6. The quantitative estimate of drug-likeness (QED) is 0.591. The van der Waals surface area contributed by atoms with Gasteiger partial charge in [-0.05, 0) is 59.9 Å². The fourth-order valence-corrected chi connectivity index (χ4v) is 5.49. The summed E-state index contributed by atoms with van der Waals surface area (Å²) in [6.07, 6.45) is 1.44. The molecule has 0 radical (unpaired) electrons. The number of amides is 1. The number of hydrogen-bond donors (Lipinski definition) is 2. The molecule has 1 heterocycles. The van der Waals surface area contributed by atoms with E-state index in [1.54, 1.807) is 0 Å². The molecule has 1 aliphatic heterocycles. The van der Waals surface area contributed by atoms with Crippen LogP contribution in [0.5, 0.6) is 0 Å². The van der Waals surface area contributed by atoms with Gasteiger partial charge < -0.3 is 10.4 Å². The zero-order chi connectivity index (χ0) is 21.8. The molecule has 2 N–H and O–H groups in total. The summed E-state index contributed by atoms with van der Waals surface area (Å²) in [6.45, 7) is 1.39. The van der Waals surface area contributed by atoms with Crippen molar-refractivity contribution in [2.45, 2.75) is 30.3 Å². The van der Waals surface area contributed by atoms with Crippen LogP contribution in [0.4, 0.5) is 0 Å². The first kappa shape index (κ1) is 21.5. The van der Waals surface area contributed by atoms with Crippen LogP contribution in [-0.2, 0) is 10.0 Å². The Hall–Kier alpha value is -2.74. The molecule has 3 aromatic rings. The molecule has 4 rings (SSSR count). The van der Waals surface area contributed by atoms with Gasteiger partial charge in [-0.25, -0.2) is 8.42 Å². The Balaban J connectivity index is 1.35. The molecule has 31 heavy (non-hydrogen) atoms. The molecule has 1 aliphatic rings. The minimum absolute atomic E-state index is 0.206. The first-order valence-corrected chi connectivity index (χ1v) is 11.9. The van der Waals surface area contributed by atoms with Gasteiger partial charge in [0.05, 0.1) is 11.0 Å². The predicted octanol–water partition coefficient (Wildman–Crippen LogP) is 3.48. The molecule has 0 bridgehead atoms. The van der Waals surface area contributed by atoms with E-state index in [0.29, 0.717) is 31.6 Å². The van der Waals surface area contributed by atoms with Crippen LogP contribution in [0.2, 0.25) is 0 Å². The molecule has 0 aromatic heterocycles. The van der Waals surface area contributed by atoms with E-state index in [2.05, 4.69) is 5.32 Å². The Morgan fingerprint density at radius 3 is 2.39 bits per heavy atom. The lowest BCUT2D eigenvalue weighted by Gasteiger charge is -2.16. The molecule has 1 unspecified atom stereocenters. The molecule has 1 atom stereocenters. The van der Waals surface area contributed by atoms with Gasteiger partial charge in [0.1, 0.15) is 0 Å². The number of aliphatic hydroxyl groups excluding tert-OH is 1. The third-order valence-corrected chi connectivity index (χ3v) is 7.62. The second-order valence-electron chi connectivity index (χ2n) is 7.76. The molecule has 1 fully saturated rings. The molecule has 7 heteroatoms. The van der Waals surface area contributed by atoms with Crippen molar-refractivity contribution in [2.75, 3.05) is 19.6 Å². The zero-order valence-electron chi connectivity index (χ0n) is 17.2. The highest BCUT2D eigenvalue weighted by Gasteiger charge is 2.27. The van der Waals surface area contributed by atoms with Crippen molar-refractivity contribution in [2.24, 2.45) is 0 Å². The first-order chi connectivity index (χ1) is 15.0. The fraction of sp³-hybridized carbons (Fsp3) is 0.292.